The Kier molecular flexibility index (Phi) is 5.61. The second kappa shape index (κ2) is 7.46. The first-order valence-electron chi connectivity index (χ1n) is 6.91. The summed E-state index contributed by atoms with van der Waals surface area (Å²) in [6.07, 6.45) is 3.63. The Bertz CT molecular complexity index is 394. The van der Waals surface area contributed by atoms with Crippen LogP contribution in [0.3, 0.4) is 0 Å². The summed E-state index contributed by atoms with van der Waals surface area (Å²) in [6.45, 7) is 2.60. The molecule has 0 spiro atoms. The van der Waals surface area contributed by atoms with Gasteiger partial charge in [0.15, 0.2) is 11.6 Å². The van der Waals surface area contributed by atoms with Gasteiger partial charge in [0.25, 0.3) is 0 Å². The highest BCUT2D eigenvalue weighted by molar-refractivity contribution is 5.34. The zero-order valence-corrected chi connectivity index (χ0v) is 11.5. The predicted molar refractivity (Wildman–Crippen MR) is 72.8 cm³/mol. The van der Waals surface area contributed by atoms with E-state index in [2.05, 4.69) is 5.32 Å². The molecule has 0 unspecified atom stereocenters. The van der Waals surface area contributed by atoms with Crippen LogP contribution in [0.25, 0.3) is 0 Å². The molecule has 0 aliphatic heterocycles. The maximum Gasteiger partial charge on any atom is 0.165 e. The van der Waals surface area contributed by atoms with Gasteiger partial charge in [-0.25, -0.2) is 4.39 Å². The minimum Gasteiger partial charge on any atom is -0.490 e. The summed E-state index contributed by atoms with van der Waals surface area (Å²) in [5.41, 5.74) is 0.868. The van der Waals surface area contributed by atoms with Crippen LogP contribution in [-0.2, 0) is 11.3 Å². The Balaban J connectivity index is 1.86. The van der Waals surface area contributed by atoms with Crippen molar-refractivity contribution in [1.29, 1.82) is 0 Å². The van der Waals surface area contributed by atoms with Crippen molar-refractivity contribution in [3.63, 3.8) is 0 Å². The fourth-order valence-corrected chi connectivity index (χ4v) is 1.99. The van der Waals surface area contributed by atoms with Gasteiger partial charge in [0, 0.05) is 25.8 Å². The summed E-state index contributed by atoms with van der Waals surface area (Å²) >= 11 is 0. The van der Waals surface area contributed by atoms with E-state index in [1.165, 1.54) is 18.9 Å². The Morgan fingerprint density at radius 1 is 1.32 bits per heavy atom. The van der Waals surface area contributed by atoms with Crippen LogP contribution in [-0.4, -0.2) is 26.9 Å². The van der Waals surface area contributed by atoms with Gasteiger partial charge in [-0.15, -0.1) is 0 Å². The number of ether oxygens (including phenoxy) is 2. The highest BCUT2D eigenvalue weighted by Crippen LogP contribution is 2.32. The van der Waals surface area contributed by atoms with Crippen LogP contribution >= 0.6 is 0 Å². The molecule has 2 rings (SSSR count). The number of halogens is 1. The lowest BCUT2D eigenvalue weighted by molar-refractivity contribution is 0.199. The Labute approximate surface area is 114 Å². The van der Waals surface area contributed by atoms with Gasteiger partial charge in [-0.05, 0) is 18.4 Å². The number of nitrogens with one attached hydrogen (secondary N) is 1. The van der Waals surface area contributed by atoms with E-state index in [0.29, 0.717) is 25.5 Å². The molecule has 0 heterocycles. The van der Waals surface area contributed by atoms with Gasteiger partial charge in [-0.2, -0.15) is 0 Å². The van der Waals surface area contributed by atoms with Crippen LogP contribution in [0.2, 0.25) is 0 Å². The van der Waals surface area contributed by atoms with E-state index in [9.17, 15) is 4.39 Å². The van der Waals surface area contributed by atoms with Crippen molar-refractivity contribution in [1.82, 2.24) is 5.32 Å². The Morgan fingerprint density at radius 2 is 2.16 bits per heavy atom. The summed E-state index contributed by atoms with van der Waals surface area (Å²) in [4.78, 5) is 0. The molecule has 0 bridgehead atoms. The van der Waals surface area contributed by atoms with Crippen molar-refractivity contribution in [2.75, 3.05) is 26.9 Å². The van der Waals surface area contributed by atoms with Gasteiger partial charge in [0.1, 0.15) is 0 Å². The molecule has 1 N–H and O–H groups in total. The summed E-state index contributed by atoms with van der Waals surface area (Å²) in [7, 11) is 1.66. The Hall–Kier alpha value is -1.13. The van der Waals surface area contributed by atoms with Crippen molar-refractivity contribution < 1.29 is 13.9 Å². The molecule has 1 aliphatic carbocycles. The van der Waals surface area contributed by atoms with E-state index in [0.717, 1.165) is 24.4 Å². The third kappa shape index (κ3) is 4.80. The smallest absolute Gasteiger partial charge is 0.165 e. The highest BCUT2D eigenvalue weighted by Gasteiger charge is 2.21. The quantitative estimate of drug-likeness (QED) is 0.698. The second-order valence-electron chi connectivity index (χ2n) is 4.98. The van der Waals surface area contributed by atoms with Crippen molar-refractivity contribution in [3.8, 4) is 5.75 Å². The fraction of sp³-hybridized carbons (Fsp3) is 0.600. The number of hydrogen-bond donors (Lipinski definition) is 1. The minimum absolute atomic E-state index is 0.276. The van der Waals surface area contributed by atoms with Crippen molar-refractivity contribution >= 4 is 0 Å². The molecule has 1 aliphatic rings. The summed E-state index contributed by atoms with van der Waals surface area (Å²) in [6, 6.07) is 5.07. The lowest BCUT2D eigenvalue weighted by Gasteiger charge is -2.13. The van der Waals surface area contributed by atoms with Crippen LogP contribution in [0.15, 0.2) is 18.2 Å². The maximum atomic E-state index is 13.8. The SMILES string of the molecule is COCCNCc1cccc(F)c1OCCC1CC1. The van der Waals surface area contributed by atoms with Gasteiger partial charge in [-0.1, -0.05) is 25.0 Å². The first-order chi connectivity index (χ1) is 9.31. The van der Waals surface area contributed by atoms with Crippen molar-refractivity contribution in [2.45, 2.75) is 25.8 Å². The first-order valence-corrected chi connectivity index (χ1v) is 6.91. The summed E-state index contributed by atoms with van der Waals surface area (Å²) < 4.78 is 24.4. The lowest BCUT2D eigenvalue weighted by Crippen LogP contribution is -2.19. The number of para-hydroxylation sites is 1. The molecular weight excluding hydrogens is 245 g/mol. The first kappa shape index (κ1) is 14.3. The molecule has 1 aromatic carbocycles. The number of methoxy groups -OCH3 is 1. The zero-order chi connectivity index (χ0) is 13.5. The van der Waals surface area contributed by atoms with Crippen LogP contribution in [0.4, 0.5) is 4.39 Å². The van der Waals surface area contributed by atoms with Crippen LogP contribution < -0.4 is 10.1 Å². The van der Waals surface area contributed by atoms with Crippen LogP contribution in [0, 0.1) is 11.7 Å². The van der Waals surface area contributed by atoms with Crippen LogP contribution in [0.5, 0.6) is 5.75 Å². The van der Waals surface area contributed by atoms with Gasteiger partial charge in [0.05, 0.1) is 13.2 Å². The molecule has 1 fully saturated rings. The van der Waals surface area contributed by atoms with Gasteiger partial charge in [0.2, 0.25) is 0 Å². The van der Waals surface area contributed by atoms with Crippen molar-refractivity contribution in [2.24, 2.45) is 5.92 Å². The monoisotopic (exact) mass is 267 g/mol. The molecular formula is C15H22FNO2. The topological polar surface area (TPSA) is 30.5 Å². The van der Waals surface area contributed by atoms with Crippen molar-refractivity contribution in [3.05, 3.63) is 29.6 Å². The maximum absolute atomic E-state index is 13.8. The molecule has 106 valence electrons. The van der Waals surface area contributed by atoms with Gasteiger partial charge >= 0.3 is 0 Å². The molecule has 1 saturated carbocycles. The predicted octanol–water partition coefficient (Wildman–Crippen LogP) is 2.74. The van der Waals surface area contributed by atoms with Gasteiger partial charge in [-0.3, -0.25) is 0 Å². The molecule has 0 atom stereocenters. The fourth-order valence-electron chi connectivity index (χ4n) is 1.99. The number of benzene rings is 1. The average molecular weight is 267 g/mol. The van der Waals surface area contributed by atoms with E-state index >= 15 is 0 Å². The highest BCUT2D eigenvalue weighted by atomic mass is 19.1. The van der Waals surface area contributed by atoms with Gasteiger partial charge < -0.3 is 14.8 Å². The number of rotatable bonds is 9. The number of hydrogen-bond acceptors (Lipinski definition) is 3. The Morgan fingerprint density at radius 3 is 2.89 bits per heavy atom. The van der Waals surface area contributed by atoms with E-state index in [1.807, 2.05) is 6.07 Å². The largest absolute Gasteiger partial charge is 0.490 e. The summed E-state index contributed by atoms with van der Waals surface area (Å²) in [5, 5.41) is 3.21. The molecule has 19 heavy (non-hydrogen) atoms. The zero-order valence-electron chi connectivity index (χ0n) is 11.5. The normalized spacial score (nSPS) is 14.6. The van der Waals surface area contributed by atoms with E-state index in [-0.39, 0.29) is 5.82 Å². The lowest BCUT2D eigenvalue weighted by atomic mass is 10.2. The third-order valence-electron chi connectivity index (χ3n) is 3.32. The van der Waals surface area contributed by atoms with E-state index in [1.54, 1.807) is 13.2 Å². The molecule has 0 saturated heterocycles. The molecule has 1 aromatic rings. The molecule has 0 radical (unpaired) electrons. The minimum atomic E-state index is -0.276. The van der Waals surface area contributed by atoms with E-state index < -0.39 is 0 Å². The molecule has 0 amide bonds. The van der Waals surface area contributed by atoms with E-state index in [4.69, 9.17) is 9.47 Å². The molecule has 4 heteroatoms. The standard InChI is InChI=1S/C15H22FNO2/c1-18-10-8-17-11-13-3-2-4-14(16)15(13)19-9-7-12-5-6-12/h2-4,12,17H,5-11H2,1H3. The molecule has 3 nitrogen and oxygen atoms in total. The second-order valence-corrected chi connectivity index (χ2v) is 4.98. The summed E-state index contributed by atoms with van der Waals surface area (Å²) in [5.74, 6) is 0.921. The third-order valence-corrected chi connectivity index (χ3v) is 3.32. The molecule has 0 aromatic heterocycles. The average Bonchev–Trinajstić information content (AvgIpc) is 3.21. The van der Waals surface area contributed by atoms with Crippen LogP contribution in [0.1, 0.15) is 24.8 Å².